The number of carbonyl (C=O) groups excluding carboxylic acids is 1. The van der Waals surface area contributed by atoms with Crippen molar-refractivity contribution in [1.82, 2.24) is 5.32 Å². The summed E-state index contributed by atoms with van der Waals surface area (Å²) in [5.41, 5.74) is 0. The van der Waals surface area contributed by atoms with Crippen LogP contribution >= 0.6 is 34.5 Å². The van der Waals surface area contributed by atoms with Gasteiger partial charge in [-0.15, -0.1) is 11.3 Å². The van der Waals surface area contributed by atoms with Crippen LogP contribution in [0, 0.1) is 17.8 Å². The van der Waals surface area contributed by atoms with Crippen LogP contribution in [0.2, 0.25) is 10.0 Å². The van der Waals surface area contributed by atoms with Crippen molar-refractivity contribution < 1.29 is 4.79 Å². The molecule has 2 bridgehead atoms. The largest absolute Gasteiger partial charge is 0.349 e. The number of hydrogen-bond acceptors (Lipinski definition) is 2. The maximum atomic E-state index is 12.7. The van der Waals surface area contributed by atoms with Crippen LogP contribution in [-0.2, 0) is 0 Å². The van der Waals surface area contributed by atoms with Crippen LogP contribution in [-0.4, -0.2) is 11.9 Å². The van der Waals surface area contributed by atoms with Gasteiger partial charge in [0.05, 0.1) is 5.02 Å². The summed E-state index contributed by atoms with van der Waals surface area (Å²) in [5, 5.41) is 5.30. The number of thiophene rings is 1. The Labute approximate surface area is 150 Å². The minimum absolute atomic E-state index is 0.0532. The zero-order valence-corrected chi connectivity index (χ0v) is 15.3. The van der Waals surface area contributed by atoms with E-state index in [0.717, 1.165) is 21.9 Å². The zero-order valence-electron chi connectivity index (χ0n) is 12.9. The molecule has 0 saturated heterocycles. The Balaban J connectivity index is 1.54. The molecular weight excluding hydrogens is 349 g/mol. The second-order valence-electron chi connectivity index (χ2n) is 6.99. The summed E-state index contributed by atoms with van der Waals surface area (Å²) in [6.07, 6.45) is 5.33. The Hall–Kier alpha value is -0.770. The molecule has 2 fully saturated rings. The number of amides is 1. The molecule has 2 aliphatic carbocycles. The van der Waals surface area contributed by atoms with E-state index in [0.29, 0.717) is 20.8 Å². The van der Waals surface area contributed by atoms with Crippen molar-refractivity contribution in [1.29, 1.82) is 0 Å². The van der Waals surface area contributed by atoms with Gasteiger partial charge >= 0.3 is 0 Å². The molecule has 0 unspecified atom stereocenters. The molecular formula is C18H19Cl2NOS. The van der Waals surface area contributed by atoms with Gasteiger partial charge in [0.25, 0.3) is 5.91 Å². The van der Waals surface area contributed by atoms with E-state index in [-0.39, 0.29) is 11.9 Å². The maximum absolute atomic E-state index is 12.7. The van der Waals surface area contributed by atoms with Gasteiger partial charge in [0.15, 0.2) is 0 Å². The van der Waals surface area contributed by atoms with Crippen molar-refractivity contribution in [2.75, 3.05) is 0 Å². The number of carbonyl (C=O) groups is 1. The number of fused-ring (bicyclic) bond motifs is 3. The van der Waals surface area contributed by atoms with Gasteiger partial charge in [-0.2, -0.15) is 0 Å². The summed E-state index contributed by atoms with van der Waals surface area (Å²) in [5.74, 6) is 2.26. The number of hydrogen-bond donors (Lipinski definition) is 1. The van der Waals surface area contributed by atoms with Crippen molar-refractivity contribution in [3.05, 3.63) is 33.1 Å². The van der Waals surface area contributed by atoms with Gasteiger partial charge in [0.1, 0.15) is 4.88 Å². The second-order valence-corrected chi connectivity index (χ2v) is 8.85. The molecule has 1 aromatic carbocycles. The van der Waals surface area contributed by atoms with Crippen LogP contribution in [0.1, 0.15) is 42.3 Å². The third-order valence-corrected chi connectivity index (χ3v) is 7.48. The van der Waals surface area contributed by atoms with Gasteiger partial charge < -0.3 is 5.32 Å². The van der Waals surface area contributed by atoms with E-state index < -0.39 is 0 Å². The van der Waals surface area contributed by atoms with Crippen LogP contribution in [0.25, 0.3) is 10.1 Å². The topological polar surface area (TPSA) is 29.1 Å². The molecule has 2 aliphatic rings. The molecule has 0 aliphatic heterocycles. The highest BCUT2D eigenvalue weighted by molar-refractivity contribution is 7.21. The fourth-order valence-electron chi connectivity index (χ4n) is 4.47. The van der Waals surface area contributed by atoms with Crippen molar-refractivity contribution in [2.45, 2.75) is 38.6 Å². The van der Waals surface area contributed by atoms with E-state index in [4.69, 9.17) is 23.2 Å². The Bertz CT molecular complexity index is 772. The molecule has 1 aromatic heterocycles. The average Bonchev–Trinajstić information content (AvgIpc) is 3.21. The molecule has 1 N–H and O–H groups in total. The molecule has 2 saturated carbocycles. The van der Waals surface area contributed by atoms with Crippen molar-refractivity contribution in [2.24, 2.45) is 17.8 Å². The predicted octanol–water partition coefficient (Wildman–Crippen LogP) is 5.76. The average molecular weight is 368 g/mol. The number of benzene rings is 1. The maximum Gasteiger partial charge on any atom is 0.263 e. The minimum Gasteiger partial charge on any atom is -0.349 e. The van der Waals surface area contributed by atoms with Crippen molar-refractivity contribution in [3.8, 4) is 0 Å². The molecule has 1 amide bonds. The van der Waals surface area contributed by atoms with E-state index in [2.05, 4.69) is 12.2 Å². The SMILES string of the molecule is C[C@@H](NC(=O)c1sc2cc(Cl)ccc2c1Cl)[C@H]1C[C@H]2CC[C@H]1C2. The van der Waals surface area contributed by atoms with Gasteiger partial charge in [-0.25, -0.2) is 0 Å². The quantitative estimate of drug-likeness (QED) is 0.733. The van der Waals surface area contributed by atoms with Gasteiger partial charge in [-0.05, 0) is 56.1 Å². The monoisotopic (exact) mass is 367 g/mol. The Morgan fingerprint density at radius 1 is 1.30 bits per heavy atom. The fourth-order valence-corrected chi connectivity index (χ4v) is 6.17. The molecule has 4 rings (SSSR count). The van der Waals surface area contributed by atoms with E-state index in [1.807, 2.05) is 18.2 Å². The highest BCUT2D eigenvalue weighted by atomic mass is 35.5. The third-order valence-electron chi connectivity index (χ3n) is 5.59. The third kappa shape index (κ3) is 2.77. The highest BCUT2D eigenvalue weighted by Crippen LogP contribution is 2.49. The minimum atomic E-state index is -0.0532. The van der Waals surface area contributed by atoms with Crippen molar-refractivity contribution in [3.63, 3.8) is 0 Å². The molecule has 2 aromatic rings. The summed E-state index contributed by atoms with van der Waals surface area (Å²) >= 11 is 13.9. The lowest BCUT2D eigenvalue weighted by Gasteiger charge is -2.28. The van der Waals surface area contributed by atoms with E-state index in [9.17, 15) is 4.79 Å². The first-order valence-electron chi connectivity index (χ1n) is 8.21. The van der Waals surface area contributed by atoms with Crippen molar-refractivity contribution >= 4 is 50.5 Å². The lowest BCUT2D eigenvalue weighted by atomic mass is 9.84. The molecule has 23 heavy (non-hydrogen) atoms. The second kappa shape index (κ2) is 5.94. The standard InChI is InChI=1S/C18H19Cl2NOS/c1-9(14-7-10-2-3-11(14)6-10)21-18(22)17-16(20)13-5-4-12(19)8-15(13)23-17/h4-5,8-11,14H,2-3,6-7H2,1H3,(H,21,22)/t9-,10+,11+,14-/m1/s1. The summed E-state index contributed by atoms with van der Waals surface area (Å²) in [6.45, 7) is 2.14. The van der Waals surface area contributed by atoms with Gasteiger partial charge in [0.2, 0.25) is 0 Å². The van der Waals surface area contributed by atoms with E-state index in [1.165, 1.54) is 37.0 Å². The first-order valence-corrected chi connectivity index (χ1v) is 9.78. The summed E-state index contributed by atoms with van der Waals surface area (Å²) in [6, 6.07) is 5.76. The van der Waals surface area contributed by atoms with E-state index >= 15 is 0 Å². The van der Waals surface area contributed by atoms with Gasteiger partial charge in [-0.3, -0.25) is 4.79 Å². The van der Waals surface area contributed by atoms with Crippen LogP contribution < -0.4 is 5.32 Å². The molecule has 1 heterocycles. The molecule has 0 spiro atoms. The smallest absolute Gasteiger partial charge is 0.263 e. The van der Waals surface area contributed by atoms with Crippen LogP contribution in [0.15, 0.2) is 18.2 Å². The van der Waals surface area contributed by atoms with E-state index in [1.54, 1.807) is 0 Å². The lowest BCUT2D eigenvalue weighted by molar-refractivity contribution is 0.0919. The normalized spacial score (nSPS) is 27.5. The molecule has 2 nitrogen and oxygen atoms in total. The zero-order chi connectivity index (χ0) is 16.1. The molecule has 0 radical (unpaired) electrons. The summed E-state index contributed by atoms with van der Waals surface area (Å²) in [4.78, 5) is 13.3. The lowest BCUT2D eigenvalue weighted by Crippen LogP contribution is -2.39. The van der Waals surface area contributed by atoms with Crippen LogP contribution in [0.5, 0.6) is 0 Å². The molecule has 122 valence electrons. The summed E-state index contributed by atoms with van der Waals surface area (Å²) < 4.78 is 0.959. The summed E-state index contributed by atoms with van der Waals surface area (Å²) in [7, 11) is 0. The Morgan fingerprint density at radius 2 is 2.13 bits per heavy atom. The van der Waals surface area contributed by atoms with Crippen LogP contribution in [0.4, 0.5) is 0 Å². The molecule has 4 atom stereocenters. The van der Waals surface area contributed by atoms with Gasteiger partial charge in [0, 0.05) is 21.2 Å². The van der Waals surface area contributed by atoms with Gasteiger partial charge in [-0.1, -0.05) is 35.7 Å². The number of rotatable bonds is 3. The fraction of sp³-hybridized carbons (Fsp3) is 0.500. The Morgan fingerprint density at radius 3 is 2.83 bits per heavy atom. The highest BCUT2D eigenvalue weighted by Gasteiger charge is 2.42. The molecule has 5 heteroatoms. The first kappa shape index (κ1) is 15.7. The first-order chi connectivity index (χ1) is 11.0. The Kier molecular flexibility index (Phi) is 4.07. The number of nitrogens with one attached hydrogen (secondary N) is 1. The van der Waals surface area contributed by atoms with Crippen LogP contribution in [0.3, 0.4) is 0 Å². The number of halogens is 2. The predicted molar refractivity (Wildman–Crippen MR) is 97.7 cm³/mol.